The number of amides is 1. The molecule has 0 aliphatic heterocycles. The zero-order valence-corrected chi connectivity index (χ0v) is 18.7. The van der Waals surface area contributed by atoms with Crippen LogP contribution < -0.4 is 5.32 Å². The zero-order valence-electron chi connectivity index (χ0n) is 17.9. The first-order valence-electron chi connectivity index (χ1n) is 10.6. The second-order valence-corrected chi connectivity index (χ2v) is 8.64. The summed E-state index contributed by atoms with van der Waals surface area (Å²) >= 11 is 1.59. The lowest BCUT2D eigenvalue weighted by molar-refractivity contribution is 0.102. The first kappa shape index (κ1) is 21.6. The molecular weight excluding hydrogens is 447 g/mol. The SMILES string of the molecule is O=C(Nc1cccc(F)c1)c1ccc(Sc2ccc3c(/C=C/c4ccccn4)n[nH]c3c2)cc1. The summed E-state index contributed by atoms with van der Waals surface area (Å²) in [5.74, 6) is -0.678. The smallest absolute Gasteiger partial charge is 0.255 e. The Labute approximate surface area is 199 Å². The van der Waals surface area contributed by atoms with E-state index in [-0.39, 0.29) is 5.91 Å². The van der Waals surface area contributed by atoms with Crippen LogP contribution in [-0.2, 0) is 0 Å². The highest BCUT2D eigenvalue weighted by atomic mass is 32.2. The molecular formula is C27H19FN4OS. The predicted octanol–water partition coefficient (Wildman–Crippen LogP) is 6.67. The van der Waals surface area contributed by atoms with E-state index >= 15 is 0 Å². The molecule has 0 spiro atoms. The maximum absolute atomic E-state index is 13.3. The number of aromatic nitrogens is 3. The van der Waals surface area contributed by atoms with Crippen LogP contribution in [0.2, 0.25) is 0 Å². The van der Waals surface area contributed by atoms with Crippen molar-refractivity contribution in [3.8, 4) is 0 Å². The fraction of sp³-hybridized carbons (Fsp3) is 0. The summed E-state index contributed by atoms with van der Waals surface area (Å²) in [6.45, 7) is 0. The summed E-state index contributed by atoms with van der Waals surface area (Å²) in [5, 5.41) is 11.2. The summed E-state index contributed by atoms with van der Waals surface area (Å²) < 4.78 is 13.3. The van der Waals surface area contributed by atoms with E-state index in [0.717, 1.165) is 32.1 Å². The second-order valence-electron chi connectivity index (χ2n) is 7.50. The number of carbonyl (C=O) groups excluding carboxylic acids is 1. The van der Waals surface area contributed by atoms with Gasteiger partial charge in [0.05, 0.1) is 16.9 Å². The van der Waals surface area contributed by atoms with E-state index in [9.17, 15) is 9.18 Å². The number of nitrogens with zero attached hydrogens (tertiary/aromatic N) is 2. The van der Waals surface area contributed by atoms with Crippen LogP contribution in [0.4, 0.5) is 10.1 Å². The number of rotatable bonds is 6. The number of pyridine rings is 1. The van der Waals surface area contributed by atoms with Crippen molar-refractivity contribution in [1.29, 1.82) is 0 Å². The van der Waals surface area contributed by atoms with E-state index in [1.165, 1.54) is 12.1 Å². The van der Waals surface area contributed by atoms with Gasteiger partial charge >= 0.3 is 0 Å². The number of fused-ring (bicyclic) bond motifs is 1. The minimum atomic E-state index is -0.393. The van der Waals surface area contributed by atoms with Crippen LogP contribution in [0, 0.1) is 5.82 Å². The topological polar surface area (TPSA) is 70.7 Å². The summed E-state index contributed by atoms with van der Waals surface area (Å²) in [5.41, 5.74) is 3.59. The van der Waals surface area contributed by atoms with Gasteiger partial charge < -0.3 is 5.32 Å². The van der Waals surface area contributed by atoms with Crippen molar-refractivity contribution < 1.29 is 9.18 Å². The Balaban J connectivity index is 1.27. The second kappa shape index (κ2) is 9.72. The van der Waals surface area contributed by atoms with E-state index < -0.39 is 5.82 Å². The predicted molar refractivity (Wildman–Crippen MR) is 134 cm³/mol. The minimum Gasteiger partial charge on any atom is -0.322 e. The molecule has 5 rings (SSSR count). The number of carbonyl (C=O) groups is 1. The molecule has 5 nitrogen and oxygen atoms in total. The van der Waals surface area contributed by atoms with Gasteiger partial charge in [0.15, 0.2) is 0 Å². The molecule has 7 heteroatoms. The maximum atomic E-state index is 13.3. The molecule has 166 valence electrons. The number of benzene rings is 3. The highest BCUT2D eigenvalue weighted by Crippen LogP contribution is 2.31. The molecule has 0 fully saturated rings. The van der Waals surface area contributed by atoms with Gasteiger partial charge in [0, 0.05) is 32.6 Å². The first-order chi connectivity index (χ1) is 16.6. The van der Waals surface area contributed by atoms with Gasteiger partial charge in [-0.3, -0.25) is 14.9 Å². The quantitative estimate of drug-likeness (QED) is 0.293. The molecule has 1 amide bonds. The molecule has 5 aromatic rings. The molecule has 0 bridgehead atoms. The molecule has 0 radical (unpaired) electrons. The Kier molecular flexibility index (Phi) is 6.18. The molecule has 0 aliphatic carbocycles. The van der Waals surface area contributed by atoms with Crippen molar-refractivity contribution >= 4 is 46.4 Å². The monoisotopic (exact) mass is 466 g/mol. The third-order valence-electron chi connectivity index (χ3n) is 5.10. The van der Waals surface area contributed by atoms with E-state index in [2.05, 4.69) is 26.6 Å². The van der Waals surface area contributed by atoms with Crippen LogP contribution >= 0.6 is 11.8 Å². The average Bonchev–Trinajstić information content (AvgIpc) is 3.26. The van der Waals surface area contributed by atoms with Crippen molar-refractivity contribution in [3.05, 3.63) is 114 Å². The standard InChI is InChI=1S/C27H19FN4OS/c28-19-4-3-6-21(16-19)30-27(33)18-7-10-22(11-8-18)34-23-12-13-24-25(31-32-26(24)17-23)14-9-20-5-1-2-15-29-20/h1-17H,(H,30,33)(H,31,32)/b14-9+. The van der Waals surface area contributed by atoms with Crippen LogP contribution in [-0.4, -0.2) is 21.1 Å². The number of halogens is 1. The minimum absolute atomic E-state index is 0.285. The number of H-pyrrole nitrogens is 1. The van der Waals surface area contributed by atoms with Gasteiger partial charge in [0.25, 0.3) is 5.91 Å². The number of hydrogen-bond acceptors (Lipinski definition) is 4. The van der Waals surface area contributed by atoms with Gasteiger partial charge in [0.2, 0.25) is 0 Å². The van der Waals surface area contributed by atoms with Gasteiger partial charge in [-0.15, -0.1) is 0 Å². The lowest BCUT2D eigenvalue weighted by Crippen LogP contribution is -2.11. The van der Waals surface area contributed by atoms with Crippen molar-refractivity contribution in [2.45, 2.75) is 9.79 Å². The van der Waals surface area contributed by atoms with E-state index in [4.69, 9.17) is 0 Å². The molecule has 0 saturated heterocycles. The summed E-state index contributed by atoms with van der Waals surface area (Å²) in [6.07, 6.45) is 5.64. The molecule has 2 N–H and O–H groups in total. The average molecular weight is 467 g/mol. The summed E-state index contributed by atoms with van der Waals surface area (Å²) in [7, 11) is 0. The van der Waals surface area contributed by atoms with Crippen LogP contribution in [0.25, 0.3) is 23.1 Å². The van der Waals surface area contributed by atoms with Crippen LogP contribution in [0.3, 0.4) is 0 Å². The molecule has 3 aromatic carbocycles. The van der Waals surface area contributed by atoms with Crippen LogP contribution in [0.5, 0.6) is 0 Å². The van der Waals surface area contributed by atoms with Gasteiger partial charge in [-0.1, -0.05) is 23.9 Å². The highest BCUT2D eigenvalue weighted by molar-refractivity contribution is 7.99. The Hall–Kier alpha value is -4.23. The van der Waals surface area contributed by atoms with E-state index in [1.807, 2.05) is 54.6 Å². The normalized spacial score (nSPS) is 11.2. The number of anilines is 1. The third-order valence-corrected chi connectivity index (χ3v) is 6.10. The van der Waals surface area contributed by atoms with Crippen molar-refractivity contribution in [1.82, 2.24) is 15.2 Å². The van der Waals surface area contributed by atoms with Gasteiger partial charge in [-0.25, -0.2) is 4.39 Å². The molecule has 2 aromatic heterocycles. The Morgan fingerprint density at radius 3 is 2.56 bits per heavy atom. The van der Waals surface area contributed by atoms with Crippen LogP contribution in [0.1, 0.15) is 21.7 Å². The summed E-state index contributed by atoms with van der Waals surface area (Å²) in [4.78, 5) is 18.8. The maximum Gasteiger partial charge on any atom is 0.255 e. The van der Waals surface area contributed by atoms with Crippen molar-refractivity contribution in [2.75, 3.05) is 5.32 Å². The number of aromatic amines is 1. The Morgan fingerprint density at radius 1 is 0.912 bits per heavy atom. The number of hydrogen-bond donors (Lipinski definition) is 2. The molecule has 0 atom stereocenters. The van der Waals surface area contributed by atoms with E-state index in [1.54, 1.807) is 42.2 Å². The molecule has 2 heterocycles. The zero-order chi connectivity index (χ0) is 23.3. The fourth-order valence-electron chi connectivity index (χ4n) is 3.43. The fourth-order valence-corrected chi connectivity index (χ4v) is 4.29. The molecule has 0 saturated carbocycles. The largest absolute Gasteiger partial charge is 0.322 e. The van der Waals surface area contributed by atoms with E-state index in [0.29, 0.717) is 11.3 Å². The van der Waals surface area contributed by atoms with Crippen molar-refractivity contribution in [2.24, 2.45) is 0 Å². The lowest BCUT2D eigenvalue weighted by Gasteiger charge is -2.07. The lowest BCUT2D eigenvalue weighted by atomic mass is 10.2. The molecule has 34 heavy (non-hydrogen) atoms. The van der Waals surface area contributed by atoms with Crippen molar-refractivity contribution in [3.63, 3.8) is 0 Å². The number of nitrogens with one attached hydrogen (secondary N) is 2. The Morgan fingerprint density at radius 2 is 1.76 bits per heavy atom. The summed E-state index contributed by atoms with van der Waals surface area (Å²) in [6, 6.07) is 25.0. The van der Waals surface area contributed by atoms with Gasteiger partial charge in [-0.2, -0.15) is 5.10 Å². The molecule has 0 aliphatic rings. The molecule has 0 unspecified atom stereocenters. The Bertz CT molecular complexity index is 1480. The highest BCUT2D eigenvalue weighted by Gasteiger charge is 2.09. The van der Waals surface area contributed by atoms with Crippen LogP contribution in [0.15, 0.2) is 101 Å². The third kappa shape index (κ3) is 5.05. The van der Waals surface area contributed by atoms with Gasteiger partial charge in [-0.05, 0) is 84.9 Å². The van der Waals surface area contributed by atoms with Gasteiger partial charge in [0.1, 0.15) is 5.82 Å². The first-order valence-corrected chi connectivity index (χ1v) is 11.4.